The molecule has 0 unspecified atom stereocenters. The predicted octanol–water partition coefficient (Wildman–Crippen LogP) is 1.26. The lowest BCUT2D eigenvalue weighted by Crippen LogP contribution is -2.30. The highest BCUT2D eigenvalue weighted by atomic mass is 32.1. The Kier molecular flexibility index (Phi) is 3.99. The molecule has 0 aliphatic rings. The predicted molar refractivity (Wildman–Crippen MR) is 87.7 cm³/mol. The fraction of sp³-hybridized carbons (Fsp3) is 0.333. The van der Waals surface area contributed by atoms with Gasteiger partial charge in [0.05, 0.1) is 23.7 Å². The number of carbonyl (C=O) groups excluding carboxylic acids is 1. The van der Waals surface area contributed by atoms with Gasteiger partial charge in [-0.25, -0.2) is 14.5 Å². The van der Waals surface area contributed by atoms with Crippen LogP contribution in [0.25, 0.3) is 5.65 Å². The van der Waals surface area contributed by atoms with E-state index in [0.717, 1.165) is 15.6 Å². The van der Waals surface area contributed by atoms with Gasteiger partial charge in [0.25, 0.3) is 5.56 Å². The zero-order valence-electron chi connectivity index (χ0n) is 13.1. The molecule has 0 aromatic carbocycles. The van der Waals surface area contributed by atoms with Crippen LogP contribution in [0.2, 0.25) is 0 Å². The van der Waals surface area contributed by atoms with Crippen molar-refractivity contribution in [3.8, 4) is 0 Å². The number of carbonyl (C=O) groups is 1. The van der Waals surface area contributed by atoms with Gasteiger partial charge in [-0.1, -0.05) is 0 Å². The average Bonchev–Trinajstić information content (AvgIpc) is 3.07. The Morgan fingerprint density at radius 2 is 2.09 bits per heavy atom. The Morgan fingerprint density at radius 1 is 1.30 bits per heavy atom. The largest absolute Gasteiger partial charge is 0.351 e. The maximum Gasteiger partial charge on any atom is 0.276 e. The van der Waals surface area contributed by atoms with Crippen LogP contribution in [0.1, 0.15) is 26.8 Å². The molecular formula is C15H17N5O2S. The molecule has 0 atom stereocenters. The summed E-state index contributed by atoms with van der Waals surface area (Å²) in [6.45, 7) is 6.03. The number of fused-ring (bicyclic) bond motifs is 1. The summed E-state index contributed by atoms with van der Waals surface area (Å²) in [6, 6.07) is 1.72. The van der Waals surface area contributed by atoms with E-state index in [4.69, 9.17) is 0 Å². The summed E-state index contributed by atoms with van der Waals surface area (Å²) < 4.78 is 1.34. The molecule has 0 spiro atoms. The van der Waals surface area contributed by atoms with Gasteiger partial charge in [0.2, 0.25) is 5.91 Å². The molecule has 0 fully saturated rings. The molecule has 120 valence electrons. The maximum absolute atomic E-state index is 12.4. The third kappa shape index (κ3) is 3.02. The smallest absolute Gasteiger partial charge is 0.276 e. The highest BCUT2D eigenvalue weighted by molar-refractivity contribution is 7.11. The summed E-state index contributed by atoms with van der Waals surface area (Å²) in [7, 11) is 0. The van der Waals surface area contributed by atoms with E-state index < -0.39 is 0 Å². The topological polar surface area (TPSA) is 92.2 Å². The van der Waals surface area contributed by atoms with Crippen LogP contribution in [-0.2, 0) is 17.8 Å². The third-order valence-corrected chi connectivity index (χ3v) is 4.70. The molecule has 3 aromatic heterocycles. The fourth-order valence-corrected chi connectivity index (χ4v) is 3.33. The van der Waals surface area contributed by atoms with Gasteiger partial charge in [-0.3, -0.25) is 14.7 Å². The second kappa shape index (κ2) is 5.96. The second-order valence-electron chi connectivity index (χ2n) is 5.33. The molecule has 8 heteroatoms. The van der Waals surface area contributed by atoms with Crippen LogP contribution in [0.3, 0.4) is 0 Å². The molecule has 0 radical (unpaired) electrons. The highest BCUT2D eigenvalue weighted by Crippen LogP contribution is 2.16. The minimum atomic E-state index is -0.238. The van der Waals surface area contributed by atoms with Crippen LogP contribution >= 0.6 is 11.3 Å². The Morgan fingerprint density at radius 3 is 2.78 bits per heavy atom. The van der Waals surface area contributed by atoms with Crippen LogP contribution in [-0.4, -0.2) is 25.5 Å². The van der Waals surface area contributed by atoms with Crippen LogP contribution in [0.5, 0.6) is 0 Å². The highest BCUT2D eigenvalue weighted by Gasteiger charge is 2.15. The van der Waals surface area contributed by atoms with Gasteiger partial charge in [-0.15, -0.1) is 11.3 Å². The van der Waals surface area contributed by atoms with Crippen molar-refractivity contribution in [1.29, 1.82) is 0 Å². The van der Waals surface area contributed by atoms with E-state index in [0.29, 0.717) is 23.4 Å². The molecular weight excluding hydrogens is 314 g/mol. The molecule has 23 heavy (non-hydrogen) atoms. The number of hydrogen-bond acceptors (Lipinski definition) is 5. The monoisotopic (exact) mass is 331 g/mol. The number of aromatic amines is 1. The number of aryl methyl sites for hydroxylation is 3. The SMILES string of the molecule is Cc1nc(C)c(CNC(=O)Cc2c(C)nc3cc[nH]n3c2=O)s1. The van der Waals surface area contributed by atoms with Crippen LogP contribution in [0.15, 0.2) is 17.1 Å². The normalized spacial score (nSPS) is 11.1. The van der Waals surface area contributed by atoms with E-state index in [2.05, 4.69) is 20.4 Å². The van der Waals surface area contributed by atoms with E-state index in [1.807, 2.05) is 13.8 Å². The van der Waals surface area contributed by atoms with Gasteiger partial charge in [0.15, 0.2) is 5.65 Å². The molecule has 0 bridgehead atoms. The zero-order chi connectivity index (χ0) is 16.6. The zero-order valence-corrected chi connectivity index (χ0v) is 14.0. The summed E-state index contributed by atoms with van der Waals surface area (Å²) in [5.41, 5.74) is 2.22. The molecule has 0 saturated heterocycles. The maximum atomic E-state index is 12.4. The van der Waals surface area contributed by atoms with Crippen molar-refractivity contribution in [3.63, 3.8) is 0 Å². The van der Waals surface area contributed by atoms with Crippen molar-refractivity contribution < 1.29 is 4.79 Å². The number of rotatable bonds is 4. The first-order valence-electron chi connectivity index (χ1n) is 7.21. The van der Waals surface area contributed by atoms with Crippen molar-refractivity contribution in [1.82, 2.24) is 24.9 Å². The first kappa shape index (κ1) is 15.4. The van der Waals surface area contributed by atoms with Gasteiger partial charge < -0.3 is 5.32 Å². The standard InChI is InChI=1S/C15H17N5O2S/c1-8-11(15(22)20-13(19-8)4-5-17-20)6-14(21)16-7-12-9(2)18-10(3)23-12/h4-5,17H,6-7H2,1-3H3,(H,16,21). The molecule has 3 heterocycles. The molecule has 0 saturated carbocycles. The van der Waals surface area contributed by atoms with E-state index >= 15 is 0 Å². The lowest BCUT2D eigenvalue weighted by atomic mass is 10.1. The van der Waals surface area contributed by atoms with E-state index in [1.54, 1.807) is 30.5 Å². The third-order valence-electron chi connectivity index (χ3n) is 3.63. The van der Waals surface area contributed by atoms with Gasteiger partial charge in [-0.05, 0) is 20.8 Å². The molecule has 7 nitrogen and oxygen atoms in total. The average molecular weight is 331 g/mol. The summed E-state index contributed by atoms with van der Waals surface area (Å²) >= 11 is 1.56. The number of hydrogen-bond donors (Lipinski definition) is 2. The number of nitrogens with one attached hydrogen (secondary N) is 2. The number of amides is 1. The van der Waals surface area contributed by atoms with Crippen molar-refractivity contribution >= 4 is 22.9 Å². The fourth-order valence-electron chi connectivity index (χ4n) is 2.45. The lowest BCUT2D eigenvalue weighted by Gasteiger charge is -2.06. The van der Waals surface area contributed by atoms with E-state index in [9.17, 15) is 9.59 Å². The number of thiazole rings is 1. The van der Waals surface area contributed by atoms with Crippen molar-refractivity contribution in [2.45, 2.75) is 33.7 Å². The molecule has 3 aromatic rings. The Hall–Kier alpha value is -2.48. The quantitative estimate of drug-likeness (QED) is 0.753. The summed E-state index contributed by atoms with van der Waals surface area (Å²) in [5, 5.41) is 6.62. The van der Waals surface area contributed by atoms with Crippen LogP contribution in [0, 0.1) is 20.8 Å². The first-order chi connectivity index (χ1) is 11.0. The van der Waals surface area contributed by atoms with Crippen molar-refractivity contribution in [3.05, 3.63) is 49.5 Å². The lowest BCUT2D eigenvalue weighted by molar-refractivity contribution is -0.120. The van der Waals surface area contributed by atoms with E-state index in [-0.39, 0.29) is 17.9 Å². The van der Waals surface area contributed by atoms with Gasteiger partial charge in [0.1, 0.15) is 0 Å². The van der Waals surface area contributed by atoms with Gasteiger partial charge in [0, 0.05) is 28.4 Å². The number of aromatic nitrogens is 4. The van der Waals surface area contributed by atoms with Gasteiger partial charge >= 0.3 is 0 Å². The number of H-pyrrole nitrogens is 1. The molecule has 2 N–H and O–H groups in total. The second-order valence-corrected chi connectivity index (χ2v) is 6.62. The minimum absolute atomic E-state index is 0.0104. The van der Waals surface area contributed by atoms with Crippen molar-refractivity contribution in [2.24, 2.45) is 0 Å². The summed E-state index contributed by atoms with van der Waals surface area (Å²) in [6.07, 6.45) is 1.65. The number of nitrogens with zero attached hydrogens (tertiary/aromatic N) is 3. The van der Waals surface area contributed by atoms with Crippen LogP contribution < -0.4 is 10.9 Å². The van der Waals surface area contributed by atoms with Crippen molar-refractivity contribution in [2.75, 3.05) is 0 Å². The summed E-state index contributed by atoms with van der Waals surface area (Å²) in [5.74, 6) is -0.205. The summed E-state index contributed by atoms with van der Waals surface area (Å²) in [4.78, 5) is 34.2. The molecule has 3 rings (SSSR count). The first-order valence-corrected chi connectivity index (χ1v) is 8.02. The van der Waals surface area contributed by atoms with E-state index in [1.165, 1.54) is 4.52 Å². The van der Waals surface area contributed by atoms with Crippen LogP contribution in [0.4, 0.5) is 0 Å². The molecule has 0 aliphatic carbocycles. The Bertz CT molecular complexity index is 937. The minimum Gasteiger partial charge on any atom is -0.351 e. The Balaban J connectivity index is 1.75. The molecule has 1 amide bonds. The van der Waals surface area contributed by atoms with Gasteiger partial charge in [-0.2, -0.15) is 0 Å². The Labute approximate surface area is 136 Å². The molecule has 0 aliphatic heterocycles.